The van der Waals surface area contributed by atoms with Crippen molar-refractivity contribution >= 4 is 0 Å². The molecule has 0 aliphatic carbocycles. The van der Waals surface area contributed by atoms with Crippen LogP contribution in [0.1, 0.15) is 111 Å². The first-order valence-corrected chi connectivity index (χ1v) is 8.84. The Bertz CT molecular complexity index is 175. The van der Waals surface area contributed by atoms with Gasteiger partial charge in [-0.15, -0.1) is 0 Å². The highest BCUT2D eigenvalue weighted by molar-refractivity contribution is 4.71. The third kappa shape index (κ3) is 14.2. The zero-order chi connectivity index (χ0) is 14.4. The molecule has 0 saturated heterocycles. The summed E-state index contributed by atoms with van der Waals surface area (Å²) in [6.07, 6.45) is 18.0. The smallest absolute Gasteiger partial charge is 0.0619 e. The highest BCUT2D eigenvalue weighted by Gasteiger charge is 2.18. The Hall–Kier alpha value is -0.0400. The normalized spacial score (nSPS) is 14.5. The van der Waals surface area contributed by atoms with Crippen molar-refractivity contribution in [3.63, 3.8) is 0 Å². The largest absolute Gasteiger partial charge is 0.390 e. The van der Waals surface area contributed by atoms with E-state index < -0.39 is 5.60 Å². The van der Waals surface area contributed by atoms with E-state index in [0.717, 1.165) is 19.3 Å². The standard InChI is InChI=1S/C18H38O/c1-4-6-8-9-10-11-12-13-14-15-17-18(3,19)16-7-5-2/h19H,4-17H2,1-3H3. The van der Waals surface area contributed by atoms with Gasteiger partial charge in [0.25, 0.3) is 0 Å². The Labute approximate surface area is 122 Å². The number of unbranched alkanes of at least 4 members (excludes halogenated alkanes) is 10. The summed E-state index contributed by atoms with van der Waals surface area (Å²) in [6, 6.07) is 0. The topological polar surface area (TPSA) is 20.2 Å². The van der Waals surface area contributed by atoms with Gasteiger partial charge >= 0.3 is 0 Å². The van der Waals surface area contributed by atoms with Gasteiger partial charge in [0.05, 0.1) is 5.60 Å². The van der Waals surface area contributed by atoms with Crippen LogP contribution >= 0.6 is 0 Å². The SMILES string of the molecule is CCCCCCCCCCCCC(C)(O)CCCC. The van der Waals surface area contributed by atoms with Crippen molar-refractivity contribution in [1.82, 2.24) is 0 Å². The zero-order valence-electron chi connectivity index (χ0n) is 13.8. The van der Waals surface area contributed by atoms with Crippen molar-refractivity contribution in [3.8, 4) is 0 Å². The van der Waals surface area contributed by atoms with Crippen LogP contribution in [-0.2, 0) is 0 Å². The minimum absolute atomic E-state index is 0.407. The maximum Gasteiger partial charge on any atom is 0.0619 e. The first-order valence-electron chi connectivity index (χ1n) is 8.84. The van der Waals surface area contributed by atoms with Crippen LogP contribution in [0.2, 0.25) is 0 Å². The predicted molar refractivity (Wildman–Crippen MR) is 86.6 cm³/mol. The summed E-state index contributed by atoms with van der Waals surface area (Å²) in [6.45, 7) is 6.47. The molecule has 0 aromatic carbocycles. The van der Waals surface area contributed by atoms with E-state index in [1.807, 2.05) is 6.92 Å². The molecule has 0 heterocycles. The summed E-state index contributed by atoms with van der Waals surface area (Å²) < 4.78 is 0. The van der Waals surface area contributed by atoms with E-state index >= 15 is 0 Å². The van der Waals surface area contributed by atoms with Crippen LogP contribution in [0.3, 0.4) is 0 Å². The molecule has 116 valence electrons. The van der Waals surface area contributed by atoms with Crippen molar-refractivity contribution in [2.45, 2.75) is 116 Å². The van der Waals surface area contributed by atoms with Gasteiger partial charge in [0.2, 0.25) is 0 Å². The van der Waals surface area contributed by atoms with Crippen LogP contribution in [0.15, 0.2) is 0 Å². The van der Waals surface area contributed by atoms with E-state index in [1.165, 1.54) is 70.6 Å². The summed E-state index contributed by atoms with van der Waals surface area (Å²) >= 11 is 0. The van der Waals surface area contributed by atoms with E-state index in [-0.39, 0.29) is 0 Å². The maximum absolute atomic E-state index is 10.2. The number of rotatable bonds is 14. The molecule has 0 aromatic rings. The van der Waals surface area contributed by atoms with Crippen LogP contribution in [-0.4, -0.2) is 10.7 Å². The summed E-state index contributed by atoms with van der Waals surface area (Å²) in [4.78, 5) is 0. The van der Waals surface area contributed by atoms with Crippen molar-refractivity contribution < 1.29 is 5.11 Å². The van der Waals surface area contributed by atoms with Gasteiger partial charge in [-0.05, 0) is 19.8 Å². The second-order valence-corrected chi connectivity index (χ2v) is 6.53. The van der Waals surface area contributed by atoms with E-state index in [0.29, 0.717) is 0 Å². The summed E-state index contributed by atoms with van der Waals surface area (Å²) in [5.74, 6) is 0. The Morgan fingerprint density at radius 2 is 0.947 bits per heavy atom. The molecule has 0 aliphatic rings. The van der Waals surface area contributed by atoms with E-state index in [2.05, 4.69) is 13.8 Å². The number of hydrogen-bond acceptors (Lipinski definition) is 1. The lowest BCUT2D eigenvalue weighted by Gasteiger charge is -2.22. The Kier molecular flexibility index (Phi) is 12.9. The number of hydrogen-bond donors (Lipinski definition) is 1. The van der Waals surface area contributed by atoms with Gasteiger partial charge in [0.1, 0.15) is 0 Å². The Morgan fingerprint density at radius 1 is 0.579 bits per heavy atom. The highest BCUT2D eigenvalue weighted by Crippen LogP contribution is 2.21. The lowest BCUT2D eigenvalue weighted by atomic mass is 9.92. The molecule has 0 aromatic heterocycles. The first kappa shape index (κ1) is 19.0. The molecular formula is C18H38O. The fourth-order valence-electron chi connectivity index (χ4n) is 2.68. The van der Waals surface area contributed by atoms with Crippen molar-refractivity contribution in [1.29, 1.82) is 0 Å². The molecule has 1 unspecified atom stereocenters. The number of aliphatic hydroxyl groups is 1. The molecular weight excluding hydrogens is 232 g/mol. The molecule has 0 rings (SSSR count). The average Bonchev–Trinajstić information content (AvgIpc) is 2.38. The van der Waals surface area contributed by atoms with Crippen LogP contribution < -0.4 is 0 Å². The lowest BCUT2D eigenvalue weighted by Crippen LogP contribution is -2.23. The average molecular weight is 271 g/mol. The van der Waals surface area contributed by atoms with Crippen LogP contribution in [0.5, 0.6) is 0 Å². The van der Waals surface area contributed by atoms with Crippen LogP contribution in [0.25, 0.3) is 0 Å². The van der Waals surface area contributed by atoms with Crippen molar-refractivity contribution in [2.75, 3.05) is 0 Å². The minimum Gasteiger partial charge on any atom is -0.390 e. The van der Waals surface area contributed by atoms with Crippen molar-refractivity contribution in [3.05, 3.63) is 0 Å². The molecule has 0 spiro atoms. The molecule has 1 nitrogen and oxygen atoms in total. The molecule has 19 heavy (non-hydrogen) atoms. The van der Waals surface area contributed by atoms with Gasteiger partial charge in [-0.2, -0.15) is 0 Å². The van der Waals surface area contributed by atoms with Crippen LogP contribution in [0.4, 0.5) is 0 Å². The van der Waals surface area contributed by atoms with Gasteiger partial charge in [0, 0.05) is 0 Å². The molecule has 0 bridgehead atoms. The van der Waals surface area contributed by atoms with Gasteiger partial charge < -0.3 is 5.11 Å². The predicted octanol–water partition coefficient (Wildman–Crippen LogP) is 6.24. The fraction of sp³-hybridized carbons (Fsp3) is 1.00. The third-order valence-corrected chi connectivity index (χ3v) is 4.14. The molecule has 0 radical (unpaired) electrons. The Balaban J connectivity index is 3.21. The third-order valence-electron chi connectivity index (χ3n) is 4.14. The Morgan fingerprint density at radius 3 is 1.42 bits per heavy atom. The highest BCUT2D eigenvalue weighted by atomic mass is 16.3. The molecule has 1 N–H and O–H groups in total. The second-order valence-electron chi connectivity index (χ2n) is 6.53. The first-order chi connectivity index (χ1) is 9.12. The molecule has 0 fully saturated rings. The lowest BCUT2D eigenvalue weighted by molar-refractivity contribution is 0.0371. The minimum atomic E-state index is -0.407. The molecule has 0 aliphatic heterocycles. The van der Waals surface area contributed by atoms with E-state index in [1.54, 1.807) is 0 Å². The van der Waals surface area contributed by atoms with Gasteiger partial charge in [-0.25, -0.2) is 0 Å². The maximum atomic E-state index is 10.2. The quantitative estimate of drug-likeness (QED) is 0.370. The van der Waals surface area contributed by atoms with Crippen molar-refractivity contribution in [2.24, 2.45) is 0 Å². The van der Waals surface area contributed by atoms with E-state index in [4.69, 9.17) is 0 Å². The summed E-state index contributed by atoms with van der Waals surface area (Å²) in [7, 11) is 0. The van der Waals surface area contributed by atoms with Gasteiger partial charge in [0.15, 0.2) is 0 Å². The zero-order valence-corrected chi connectivity index (χ0v) is 13.8. The summed E-state index contributed by atoms with van der Waals surface area (Å²) in [5.41, 5.74) is -0.407. The molecule has 1 atom stereocenters. The second kappa shape index (κ2) is 13.0. The van der Waals surface area contributed by atoms with E-state index in [9.17, 15) is 5.11 Å². The summed E-state index contributed by atoms with van der Waals surface area (Å²) in [5, 5.41) is 10.2. The molecule has 1 heteroatoms. The monoisotopic (exact) mass is 270 g/mol. The van der Waals surface area contributed by atoms with Crippen LogP contribution in [0, 0.1) is 0 Å². The fourth-order valence-corrected chi connectivity index (χ4v) is 2.68. The molecule has 0 amide bonds. The van der Waals surface area contributed by atoms with Gasteiger partial charge in [-0.1, -0.05) is 90.9 Å². The van der Waals surface area contributed by atoms with Gasteiger partial charge in [-0.3, -0.25) is 0 Å². The molecule has 0 saturated carbocycles.